The number of nitrogens with one attached hydrogen (secondary N) is 1. The molecule has 228 valence electrons. The van der Waals surface area contributed by atoms with Crippen LogP contribution in [0.1, 0.15) is 33.9 Å². The number of H-pyrrole nitrogens is 1. The molecule has 1 aromatic heterocycles. The molecule has 2 amide bonds. The summed E-state index contributed by atoms with van der Waals surface area (Å²) in [5.74, 6) is -1.50. The first-order valence-corrected chi connectivity index (χ1v) is 17.2. The highest BCUT2D eigenvalue weighted by Crippen LogP contribution is 2.69. The van der Waals surface area contributed by atoms with Crippen molar-refractivity contribution in [3.05, 3.63) is 113 Å². The number of amides is 2. The second-order valence-corrected chi connectivity index (χ2v) is 15.3. The summed E-state index contributed by atoms with van der Waals surface area (Å²) in [7, 11) is 0. The van der Waals surface area contributed by atoms with Gasteiger partial charge >= 0.3 is 4.87 Å². The van der Waals surface area contributed by atoms with Crippen molar-refractivity contribution in [1.29, 1.82) is 0 Å². The Balaban J connectivity index is 1.23. The molecule has 2 aliphatic carbocycles. The summed E-state index contributed by atoms with van der Waals surface area (Å²) in [6, 6.07) is 19.7. The van der Waals surface area contributed by atoms with E-state index >= 15 is 0 Å². The van der Waals surface area contributed by atoms with Crippen LogP contribution >= 0.6 is 39.0 Å². The van der Waals surface area contributed by atoms with E-state index in [1.165, 1.54) is 11.0 Å². The molecule has 3 aromatic carbocycles. The maximum atomic E-state index is 14.1. The molecule has 3 fully saturated rings. The molecule has 3 heterocycles. The predicted molar refractivity (Wildman–Crippen MR) is 174 cm³/mol. The standard InChI is InChI=1S/C33H26BrN3O6S2/c1-15-4-2-3-5-16(15)14-43-23-11-10-19(37(41)42)12-20(23)24-25-21-13-22(28(25)44-30-29(24)45-33(40)35-30)27-26(21)31(38)36(32(27)39)18-8-6-17(34)7-9-18/h2-12,21-22,24-28H,13-14H2,1H3,(H,35,40)/t21-,22-,24+,25+,26+,27+,28-/m1/s1. The van der Waals surface area contributed by atoms with Crippen LogP contribution in [0.4, 0.5) is 11.4 Å². The van der Waals surface area contributed by atoms with E-state index in [4.69, 9.17) is 4.74 Å². The van der Waals surface area contributed by atoms with Crippen molar-refractivity contribution < 1.29 is 19.2 Å². The Bertz CT molecular complexity index is 1960. The zero-order valence-corrected chi connectivity index (χ0v) is 27.1. The Kier molecular flexibility index (Phi) is 6.81. The van der Waals surface area contributed by atoms with Crippen molar-refractivity contribution in [1.82, 2.24) is 4.98 Å². The number of aromatic amines is 1. The number of non-ortho nitro benzene ring substituents is 1. The van der Waals surface area contributed by atoms with Gasteiger partial charge in [0.25, 0.3) is 5.69 Å². The van der Waals surface area contributed by atoms with E-state index in [9.17, 15) is 24.5 Å². The number of nitrogens with zero attached hydrogens (tertiary/aromatic N) is 2. The van der Waals surface area contributed by atoms with Gasteiger partial charge in [-0.15, -0.1) is 11.8 Å². The minimum absolute atomic E-state index is 0.0518. The van der Waals surface area contributed by atoms with Gasteiger partial charge in [-0.05, 0) is 72.6 Å². The van der Waals surface area contributed by atoms with Crippen molar-refractivity contribution in [3.8, 4) is 5.75 Å². The average Bonchev–Trinajstić information content (AvgIpc) is 3.76. The summed E-state index contributed by atoms with van der Waals surface area (Å²) in [5.41, 5.74) is 3.19. The quantitative estimate of drug-likeness (QED) is 0.135. The zero-order valence-electron chi connectivity index (χ0n) is 23.8. The Morgan fingerprint density at radius 3 is 2.49 bits per heavy atom. The van der Waals surface area contributed by atoms with Crippen LogP contribution in [0.5, 0.6) is 5.75 Å². The number of carbonyl (C=O) groups is 2. The molecule has 12 heteroatoms. The first-order valence-electron chi connectivity index (χ1n) is 14.7. The number of nitro groups is 1. The predicted octanol–water partition coefficient (Wildman–Crippen LogP) is 6.67. The van der Waals surface area contributed by atoms with Gasteiger partial charge in [-0.25, -0.2) is 0 Å². The highest BCUT2D eigenvalue weighted by molar-refractivity contribution is 9.10. The van der Waals surface area contributed by atoms with Crippen LogP contribution in [0.3, 0.4) is 0 Å². The summed E-state index contributed by atoms with van der Waals surface area (Å²) in [6.45, 7) is 2.28. The molecule has 7 atom stereocenters. The molecule has 45 heavy (non-hydrogen) atoms. The molecule has 9 nitrogen and oxygen atoms in total. The number of aromatic nitrogens is 1. The SMILES string of the molecule is Cc1ccccc1COc1ccc([N+](=O)[O-])cc1[C@@H]1c2sc(=O)[nH]c2S[C@@H]2[C@@H]3C[C@@H]([C@@H]4C(=O)N(c5ccc(Br)cc5)C(=O)[C@@H]34)[C@@H]12. The van der Waals surface area contributed by atoms with E-state index in [1.807, 2.05) is 43.3 Å². The number of carbonyl (C=O) groups excluding carboxylic acids is 2. The molecule has 2 saturated carbocycles. The number of ether oxygens (including phenoxy) is 1. The van der Waals surface area contributed by atoms with Crippen molar-refractivity contribution in [2.24, 2.45) is 29.6 Å². The largest absolute Gasteiger partial charge is 0.489 e. The van der Waals surface area contributed by atoms with Crippen LogP contribution in [0.25, 0.3) is 0 Å². The third kappa shape index (κ3) is 4.44. The Labute approximate surface area is 274 Å². The molecular formula is C33H26BrN3O6S2. The average molecular weight is 705 g/mol. The van der Waals surface area contributed by atoms with Gasteiger partial charge in [-0.2, -0.15) is 0 Å². The van der Waals surface area contributed by atoms with E-state index in [1.54, 1.807) is 36.0 Å². The number of anilines is 1. The molecule has 0 spiro atoms. The molecule has 1 N–H and O–H groups in total. The van der Waals surface area contributed by atoms with Crippen molar-refractivity contribution in [3.63, 3.8) is 0 Å². The molecule has 1 saturated heterocycles. The third-order valence-corrected chi connectivity index (χ3v) is 13.1. The fourth-order valence-electron chi connectivity index (χ4n) is 8.16. The monoisotopic (exact) mass is 703 g/mol. The van der Waals surface area contributed by atoms with E-state index in [-0.39, 0.29) is 52.0 Å². The second-order valence-electron chi connectivity index (χ2n) is 12.1. The third-order valence-electron chi connectivity index (χ3n) is 9.99. The van der Waals surface area contributed by atoms with Gasteiger partial charge in [0.1, 0.15) is 12.4 Å². The van der Waals surface area contributed by atoms with Gasteiger partial charge in [0, 0.05) is 38.2 Å². The normalized spacial score (nSPS) is 27.8. The second kappa shape index (κ2) is 10.7. The smallest absolute Gasteiger partial charge is 0.305 e. The number of aryl methyl sites for hydroxylation is 1. The number of rotatable bonds is 6. The molecule has 2 bridgehead atoms. The summed E-state index contributed by atoms with van der Waals surface area (Å²) in [4.78, 5) is 57.3. The number of fused-ring (bicyclic) bond motifs is 9. The van der Waals surface area contributed by atoms with Crippen LogP contribution in [-0.2, 0) is 16.2 Å². The van der Waals surface area contributed by atoms with Gasteiger partial charge in [0.15, 0.2) is 0 Å². The topological polar surface area (TPSA) is 123 Å². The van der Waals surface area contributed by atoms with Crippen molar-refractivity contribution in [2.75, 3.05) is 4.90 Å². The lowest BCUT2D eigenvalue weighted by Gasteiger charge is -2.43. The lowest BCUT2D eigenvalue weighted by molar-refractivity contribution is -0.385. The first kappa shape index (κ1) is 28.7. The van der Waals surface area contributed by atoms with Crippen molar-refractivity contribution >= 4 is 62.2 Å². The minimum Gasteiger partial charge on any atom is -0.489 e. The number of halogens is 1. The number of hydrogen-bond acceptors (Lipinski definition) is 8. The van der Waals surface area contributed by atoms with Crippen LogP contribution < -0.4 is 14.5 Å². The van der Waals surface area contributed by atoms with E-state index in [0.29, 0.717) is 23.4 Å². The van der Waals surface area contributed by atoms with E-state index in [2.05, 4.69) is 20.9 Å². The molecule has 4 aromatic rings. The number of nitro benzene ring substituents is 1. The maximum absolute atomic E-state index is 14.1. The maximum Gasteiger partial charge on any atom is 0.305 e. The van der Waals surface area contributed by atoms with Gasteiger partial charge in [0.05, 0.1) is 27.5 Å². The fraction of sp³-hybridized carbons (Fsp3) is 0.303. The highest BCUT2D eigenvalue weighted by Gasteiger charge is 2.70. The molecule has 4 aliphatic rings. The summed E-state index contributed by atoms with van der Waals surface area (Å²) in [6.07, 6.45) is 0.716. The lowest BCUT2D eigenvalue weighted by Crippen LogP contribution is -2.42. The van der Waals surface area contributed by atoms with Crippen LogP contribution in [0.2, 0.25) is 0 Å². The molecule has 8 rings (SSSR count). The number of thioether (sulfide) groups is 1. The van der Waals surface area contributed by atoms with E-state index < -0.39 is 22.7 Å². The molecular weight excluding hydrogens is 678 g/mol. The molecule has 0 unspecified atom stereocenters. The fourth-order valence-corrected chi connectivity index (χ4v) is 11.3. The Morgan fingerprint density at radius 2 is 1.76 bits per heavy atom. The number of thiazole rings is 1. The summed E-state index contributed by atoms with van der Waals surface area (Å²) < 4.78 is 7.26. The highest BCUT2D eigenvalue weighted by atomic mass is 79.9. The van der Waals surface area contributed by atoms with Crippen LogP contribution in [0.15, 0.2) is 81.0 Å². The zero-order chi connectivity index (χ0) is 31.1. The van der Waals surface area contributed by atoms with Gasteiger partial charge < -0.3 is 9.72 Å². The van der Waals surface area contributed by atoms with Crippen LogP contribution in [-0.4, -0.2) is 27.0 Å². The Morgan fingerprint density at radius 1 is 1.02 bits per heavy atom. The minimum atomic E-state index is -0.484. The van der Waals surface area contributed by atoms with E-state index in [0.717, 1.165) is 36.8 Å². The Hall–Kier alpha value is -3.74. The number of imide groups is 1. The summed E-state index contributed by atoms with van der Waals surface area (Å²) >= 11 is 6.12. The first-order chi connectivity index (χ1) is 21.7. The summed E-state index contributed by atoms with van der Waals surface area (Å²) in [5, 5.41) is 12.7. The van der Waals surface area contributed by atoms with Gasteiger partial charge in [0.2, 0.25) is 11.8 Å². The van der Waals surface area contributed by atoms with Crippen LogP contribution in [0, 0.1) is 46.6 Å². The number of hydrogen-bond donors (Lipinski definition) is 1. The molecule has 2 aliphatic heterocycles. The van der Waals surface area contributed by atoms with Crippen molar-refractivity contribution in [2.45, 2.75) is 36.1 Å². The lowest BCUT2D eigenvalue weighted by atomic mass is 9.68. The van der Waals surface area contributed by atoms with Gasteiger partial charge in [-0.3, -0.25) is 29.4 Å². The van der Waals surface area contributed by atoms with Gasteiger partial charge in [-0.1, -0.05) is 51.5 Å². The molecule has 0 radical (unpaired) electrons. The number of benzene rings is 3.